The SMILES string of the molecule is CCNCc1cc(F)cc(OC(C)C(=O)N2CCCC2)c1. The number of carbonyl (C=O) groups excluding carboxylic acids is 1. The molecule has 1 unspecified atom stereocenters. The highest BCUT2D eigenvalue weighted by Crippen LogP contribution is 2.19. The van der Waals surface area contributed by atoms with Crippen LogP contribution >= 0.6 is 0 Å². The lowest BCUT2D eigenvalue weighted by molar-refractivity contribution is -0.136. The van der Waals surface area contributed by atoms with E-state index >= 15 is 0 Å². The number of rotatable bonds is 6. The fourth-order valence-electron chi connectivity index (χ4n) is 2.51. The molecule has 1 aliphatic rings. The number of nitrogens with one attached hydrogen (secondary N) is 1. The monoisotopic (exact) mass is 294 g/mol. The van der Waals surface area contributed by atoms with Gasteiger partial charge in [0.15, 0.2) is 6.10 Å². The van der Waals surface area contributed by atoms with Crippen molar-refractivity contribution in [2.75, 3.05) is 19.6 Å². The Morgan fingerprint density at radius 2 is 2.10 bits per heavy atom. The summed E-state index contributed by atoms with van der Waals surface area (Å²) in [6.07, 6.45) is 1.51. The number of ether oxygens (including phenoxy) is 1. The molecule has 5 heteroatoms. The van der Waals surface area contributed by atoms with E-state index in [1.54, 1.807) is 13.0 Å². The van der Waals surface area contributed by atoms with E-state index in [4.69, 9.17) is 4.74 Å². The van der Waals surface area contributed by atoms with Crippen LogP contribution in [0.15, 0.2) is 18.2 Å². The van der Waals surface area contributed by atoms with Gasteiger partial charge in [-0.2, -0.15) is 0 Å². The smallest absolute Gasteiger partial charge is 0.263 e. The first-order chi connectivity index (χ1) is 10.1. The minimum Gasteiger partial charge on any atom is -0.481 e. The van der Waals surface area contributed by atoms with Crippen molar-refractivity contribution in [3.8, 4) is 5.75 Å². The van der Waals surface area contributed by atoms with E-state index in [1.165, 1.54) is 12.1 Å². The second-order valence-corrected chi connectivity index (χ2v) is 5.37. The van der Waals surface area contributed by atoms with Crippen LogP contribution in [0.25, 0.3) is 0 Å². The Hall–Kier alpha value is -1.62. The molecule has 1 aliphatic heterocycles. The molecular weight excluding hydrogens is 271 g/mol. The Morgan fingerprint density at radius 3 is 2.76 bits per heavy atom. The Balaban J connectivity index is 2.00. The molecule has 1 aromatic rings. The summed E-state index contributed by atoms with van der Waals surface area (Å²) in [5.41, 5.74) is 0.813. The summed E-state index contributed by atoms with van der Waals surface area (Å²) in [6, 6.07) is 4.57. The molecule has 1 saturated heterocycles. The summed E-state index contributed by atoms with van der Waals surface area (Å²) >= 11 is 0. The zero-order chi connectivity index (χ0) is 15.2. The third-order valence-electron chi connectivity index (χ3n) is 3.59. The van der Waals surface area contributed by atoms with Gasteiger partial charge in [0.2, 0.25) is 0 Å². The molecule has 0 radical (unpaired) electrons. The lowest BCUT2D eigenvalue weighted by atomic mass is 10.2. The highest BCUT2D eigenvalue weighted by atomic mass is 19.1. The fraction of sp³-hybridized carbons (Fsp3) is 0.562. The molecule has 0 spiro atoms. The highest BCUT2D eigenvalue weighted by molar-refractivity contribution is 5.81. The van der Waals surface area contributed by atoms with Crippen molar-refractivity contribution in [2.24, 2.45) is 0 Å². The van der Waals surface area contributed by atoms with Crippen molar-refractivity contribution in [2.45, 2.75) is 39.3 Å². The molecule has 0 saturated carbocycles. The fourth-order valence-corrected chi connectivity index (χ4v) is 2.51. The van der Waals surface area contributed by atoms with Crippen LogP contribution < -0.4 is 10.1 Å². The molecular formula is C16H23FN2O2. The van der Waals surface area contributed by atoms with E-state index in [0.29, 0.717) is 12.3 Å². The Kier molecular flexibility index (Phi) is 5.56. The van der Waals surface area contributed by atoms with E-state index in [-0.39, 0.29) is 11.7 Å². The first-order valence-corrected chi connectivity index (χ1v) is 7.55. The van der Waals surface area contributed by atoms with E-state index in [0.717, 1.165) is 38.0 Å². The second-order valence-electron chi connectivity index (χ2n) is 5.37. The largest absolute Gasteiger partial charge is 0.481 e. The maximum Gasteiger partial charge on any atom is 0.263 e. The molecule has 1 N–H and O–H groups in total. The van der Waals surface area contributed by atoms with Crippen LogP contribution in [0.5, 0.6) is 5.75 Å². The van der Waals surface area contributed by atoms with Gasteiger partial charge in [-0.3, -0.25) is 4.79 Å². The number of hydrogen-bond acceptors (Lipinski definition) is 3. The average Bonchev–Trinajstić information content (AvgIpc) is 2.97. The second kappa shape index (κ2) is 7.41. The van der Waals surface area contributed by atoms with Gasteiger partial charge < -0.3 is 15.0 Å². The van der Waals surface area contributed by atoms with Gasteiger partial charge in [0, 0.05) is 25.7 Å². The summed E-state index contributed by atoms with van der Waals surface area (Å²) in [6.45, 7) is 6.70. The first kappa shape index (κ1) is 15.8. The lowest BCUT2D eigenvalue weighted by Gasteiger charge is -2.21. The van der Waals surface area contributed by atoms with Gasteiger partial charge in [-0.25, -0.2) is 4.39 Å². The van der Waals surface area contributed by atoms with Gasteiger partial charge in [0.25, 0.3) is 5.91 Å². The number of halogens is 1. The zero-order valence-electron chi connectivity index (χ0n) is 12.7. The van der Waals surface area contributed by atoms with E-state index in [1.807, 2.05) is 11.8 Å². The number of benzene rings is 1. The Bertz CT molecular complexity index is 487. The van der Waals surface area contributed by atoms with E-state index in [2.05, 4.69) is 5.32 Å². The van der Waals surface area contributed by atoms with Gasteiger partial charge in [-0.1, -0.05) is 6.92 Å². The molecule has 2 rings (SSSR count). The molecule has 1 atom stereocenters. The molecule has 0 aliphatic carbocycles. The van der Waals surface area contributed by atoms with Gasteiger partial charge in [-0.15, -0.1) is 0 Å². The van der Waals surface area contributed by atoms with Crippen molar-refractivity contribution in [1.82, 2.24) is 10.2 Å². The van der Waals surface area contributed by atoms with Crippen LogP contribution in [-0.4, -0.2) is 36.5 Å². The third kappa shape index (κ3) is 4.43. The summed E-state index contributed by atoms with van der Waals surface area (Å²) < 4.78 is 19.2. The number of hydrogen-bond donors (Lipinski definition) is 1. The lowest BCUT2D eigenvalue weighted by Crippen LogP contribution is -2.38. The van der Waals surface area contributed by atoms with Crippen molar-refractivity contribution in [1.29, 1.82) is 0 Å². The third-order valence-corrected chi connectivity index (χ3v) is 3.59. The molecule has 21 heavy (non-hydrogen) atoms. The maximum absolute atomic E-state index is 13.6. The average molecular weight is 294 g/mol. The van der Waals surface area contributed by atoms with Crippen LogP contribution in [0.4, 0.5) is 4.39 Å². The number of amides is 1. The number of carbonyl (C=O) groups is 1. The summed E-state index contributed by atoms with van der Waals surface area (Å²) in [4.78, 5) is 14.0. The minimum atomic E-state index is -0.586. The van der Waals surface area contributed by atoms with Gasteiger partial charge in [-0.05, 0) is 44.0 Å². The topological polar surface area (TPSA) is 41.6 Å². The van der Waals surface area contributed by atoms with Crippen molar-refractivity contribution < 1.29 is 13.9 Å². The summed E-state index contributed by atoms with van der Waals surface area (Å²) in [5.74, 6) is 0.0363. The van der Waals surface area contributed by atoms with E-state index in [9.17, 15) is 9.18 Å². The summed E-state index contributed by atoms with van der Waals surface area (Å²) in [5, 5.41) is 3.14. The minimum absolute atomic E-state index is 0.0232. The van der Waals surface area contributed by atoms with Gasteiger partial charge in [0.05, 0.1) is 0 Å². The predicted octanol–water partition coefficient (Wildman–Crippen LogP) is 2.32. The number of likely N-dealkylation sites (tertiary alicyclic amines) is 1. The number of nitrogens with zero attached hydrogens (tertiary/aromatic N) is 1. The Morgan fingerprint density at radius 1 is 1.38 bits per heavy atom. The Labute approximate surface area is 125 Å². The molecule has 1 amide bonds. The van der Waals surface area contributed by atoms with Crippen LogP contribution in [0.1, 0.15) is 32.3 Å². The standard InChI is InChI=1S/C16H23FN2O2/c1-3-18-11-13-8-14(17)10-15(9-13)21-12(2)16(20)19-6-4-5-7-19/h8-10,12,18H,3-7,11H2,1-2H3. The first-order valence-electron chi connectivity index (χ1n) is 7.55. The maximum atomic E-state index is 13.6. The van der Waals surface area contributed by atoms with Crippen molar-refractivity contribution >= 4 is 5.91 Å². The van der Waals surface area contributed by atoms with E-state index < -0.39 is 6.10 Å². The molecule has 0 aromatic heterocycles. The van der Waals surface area contributed by atoms with Crippen LogP contribution in [0.3, 0.4) is 0 Å². The molecule has 4 nitrogen and oxygen atoms in total. The van der Waals surface area contributed by atoms with Gasteiger partial charge in [0.1, 0.15) is 11.6 Å². The molecule has 0 bridgehead atoms. The zero-order valence-corrected chi connectivity index (χ0v) is 12.7. The van der Waals surface area contributed by atoms with Crippen LogP contribution in [-0.2, 0) is 11.3 Å². The van der Waals surface area contributed by atoms with Crippen molar-refractivity contribution in [3.05, 3.63) is 29.6 Å². The predicted molar refractivity (Wildman–Crippen MR) is 79.7 cm³/mol. The molecule has 1 heterocycles. The molecule has 1 fully saturated rings. The normalized spacial score (nSPS) is 16.0. The summed E-state index contributed by atoms with van der Waals surface area (Å²) in [7, 11) is 0. The van der Waals surface area contributed by atoms with Crippen molar-refractivity contribution in [3.63, 3.8) is 0 Å². The van der Waals surface area contributed by atoms with Crippen LogP contribution in [0, 0.1) is 5.82 Å². The van der Waals surface area contributed by atoms with Crippen LogP contribution in [0.2, 0.25) is 0 Å². The highest BCUT2D eigenvalue weighted by Gasteiger charge is 2.24. The quantitative estimate of drug-likeness (QED) is 0.875. The molecule has 1 aromatic carbocycles. The molecule has 116 valence electrons. The van der Waals surface area contributed by atoms with Gasteiger partial charge >= 0.3 is 0 Å².